The van der Waals surface area contributed by atoms with Crippen LogP contribution in [0.15, 0.2) is 69.2 Å². The predicted octanol–water partition coefficient (Wildman–Crippen LogP) is 4.70. The molecule has 5 rings (SSSR count). The molecule has 1 saturated heterocycles. The van der Waals surface area contributed by atoms with Gasteiger partial charge in [-0.2, -0.15) is 0 Å². The molecule has 3 heterocycles. The van der Waals surface area contributed by atoms with Crippen molar-refractivity contribution >= 4 is 56.5 Å². The van der Waals surface area contributed by atoms with Crippen LogP contribution in [0.3, 0.4) is 0 Å². The zero-order valence-corrected chi connectivity index (χ0v) is 17.8. The highest BCUT2D eigenvalue weighted by Gasteiger charge is 2.49. The van der Waals surface area contributed by atoms with Crippen LogP contribution in [0.1, 0.15) is 11.6 Å². The molecule has 2 atom stereocenters. The number of fused-ring (bicyclic) bond motifs is 1. The van der Waals surface area contributed by atoms with Crippen molar-refractivity contribution in [1.29, 1.82) is 0 Å². The molecule has 9 heteroatoms. The van der Waals surface area contributed by atoms with Crippen molar-refractivity contribution in [3.8, 4) is 5.75 Å². The van der Waals surface area contributed by atoms with E-state index in [0.29, 0.717) is 16.5 Å². The van der Waals surface area contributed by atoms with Crippen molar-refractivity contribution < 1.29 is 13.9 Å². The van der Waals surface area contributed by atoms with Gasteiger partial charge >= 0.3 is 5.63 Å². The predicted molar refractivity (Wildman–Crippen MR) is 121 cm³/mol. The lowest BCUT2D eigenvalue weighted by atomic mass is 9.94. The van der Waals surface area contributed by atoms with E-state index >= 15 is 0 Å². The zero-order valence-electron chi connectivity index (χ0n) is 16.2. The van der Waals surface area contributed by atoms with E-state index in [4.69, 9.17) is 20.8 Å². The first-order chi connectivity index (χ1) is 15.0. The molecule has 4 aromatic rings. The molecule has 7 nitrogen and oxygen atoms in total. The Morgan fingerprint density at radius 2 is 1.94 bits per heavy atom. The number of thiazole rings is 1. The normalized spacial score (nSPS) is 18.1. The SMILES string of the molecule is COc1ccc(C2C(Cl)C(=O)N2c2nc(Nc3ccc4oc(=O)ccc4c3)cs2)cc1. The first-order valence-corrected chi connectivity index (χ1v) is 10.7. The number of anilines is 3. The van der Waals surface area contributed by atoms with Crippen molar-refractivity contribution in [2.24, 2.45) is 0 Å². The van der Waals surface area contributed by atoms with Crippen LogP contribution in [0.25, 0.3) is 11.0 Å². The first-order valence-electron chi connectivity index (χ1n) is 9.41. The topological polar surface area (TPSA) is 84.7 Å². The maximum absolute atomic E-state index is 12.5. The number of benzene rings is 2. The van der Waals surface area contributed by atoms with E-state index in [1.807, 2.05) is 35.7 Å². The van der Waals surface area contributed by atoms with E-state index in [1.54, 1.807) is 30.2 Å². The molecule has 2 aromatic carbocycles. The van der Waals surface area contributed by atoms with Crippen molar-refractivity contribution in [1.82, 2.24) is 4.98 Å². The number of nitrogens with zero attached hydrogens (tertiary/aromatic N) is 2. The first kappa shape index (κ1) is 19.6. The Hall–Kier alpha value is -3.36. The molecule has 1 aliphatic rings. The summed E-state index contributed by atoms with van der Waals surface area (Å²) in [5.74, 6) is 1.17. The van der Waals surface area contributed by atoms with Gasteiger partial charge in [-0.15, -0.1) is 22.9 Å². The molecule has 2 unspecified atom stereocenters. The Labute approximate surface area is 185 Å². The molecule has 1 amide bonds. The lowest BCUT2D eigenvalue weighted by Crippen LogP contribution is -2.56. The Bertz CT molecular complexity index is 1330. The molecule has 2 aromatic heterocycles. The van der Waals surface area contributed by atoms with Gasteiger partial charge in [-0.1, -0.05) is 12.1 Å². The van der Waals surface area contributed by atoms with Crippen LogP contribution in [0.2, 0.25) is 0 Å². The second-order valence-electron chi connectivity index (χ2n) is 6.98. The molecule has 0 bridgehead atoms. The van der Waals surface area contributed by atoms with Gasteiger partial charge in [0.1, 0.15) is 22.5 Å². The quantitative estimate of drug-likeness (QED) is 0.268. The molecule has 0 spiro atoms. The van der Waals surface area contributed by atoms with Crippen LogP contribution >= 0.6 is 22.9 Å². The summed E-state index contributed by atoms with van der Waals surface area (Å²) in [6.45, 7) is 0. The molecule has 0 aliphatic carbocycles. The molecular formula is C22H16ClN3O4S. The molecule has 0 radical (unpaired) electrons. The van der Waals surface area contributed by atoms with Crippen molar-refractivity contribution in [2.75, 3.05) is 17.3 Å². The third-order valence-electron chi connectivity index (χ3n) is 5.08. The summed E-state index contributed by atoms with van der Waals surface area (Å²) in [6.07, 6.45) is 0. The smallest absolute Gasteiger partial charge is 0.336 e. The Morgan fingerprint density at radius 1 is 1.13 bits per heavy atom. The molecule has 1 fully saturated rings. The number of carbonyl (C=O) groups excluding carboxylic acids is 1. The summed E-state index contributed by atoms with van der Waals surface area (Å²) < 4.78 is 10.4. The largest absolute Gasteiger partial charge is 0.497 e. The summed E-state index contributed by atoms with van der Waals surface area (Å²) in [5, 5.41) is 5.79. The van der Waals surface area contributed by atoms with Crippen LogP contribution in [0.4, 0.5) is 16.6 Å². The molecule has 1 N–H and O–H groups in total. The Kier molecular flexibility index (Phi) is 4.88. The van der Waals surface area contributed by atoms with Gasteiger partial charge in [0.25, 0.3) is 0 Å². The van der Waals surface area contributed by atoms with Gasteiger partial charge in [-0.3, -0.25) is 9.69 Å². The standard InChI is InChI=1S/C22H16ClN3O4S/c1-29-15-6-2-12(3-7-15)20-19(23)21(28)26(20)22-25-17(11-31-22)24-14-5-8-16-13(10-14)4-9-18(27)30-16/h2-11,19-20,24H,1H3. The fourth-order valence-electron chi connectivity index (χ4n) is 3.52. The summed E-state index contributed by atoms with van der Waals surface area (Å²) >= 11 is 7.69. The number of β-lactam (4-membered cyclic amide) rings is 1. The van der Waals surface area contributed by atoms with Crippen LogP contribution in [-0.2, 0) is 4.79 Å². The van der Waals surface area contributed by atoms with Crippen LogP contribution in [0.5, 0.6) is 5.75 Å². The highest BCUT2D eigenvalue weighted by molar-refractivity contribution is 7.14. The summed E-state index contributed by atoms with van der Waals surface area (Å²) in [4.78, 5) is 30.0. The molecule has 0 saturated carbocycles. The number of hydrogen-bond acceptors (Lipinski definition) is 7. The third-order valence-corrected chi connectivity index (χ3v) is 6.34. The lowest BCUT2D eigenvalue weighted by Gasteiger charge is -2.42. The molecular weight excluding hydrogens is 438 g/mol. The van der Waals surface area contributed by atoms with Crippen molar-refractivity contribution in [2.45, 2.75) is 11.4 Å². The Balaban J connectivity index is 1.38. The fraction of sp³-hybridized carbons (Fsp3) is 0.136. The van der Waals surface area contributed by atoms with E-state index in [1.165, 1.54) is 17.4 Å². The van der Waals surface area contributed by atoms with Gasteiger partial charge in [0.2, 0.25) is 5.91 Å². The van der Waals surface area contributed by atoms with Gasteiger partial charge in [0.05, 0.1) is 13.2 Å². The van der Waals surface area contributed by atoms with E-state index in [0.717, 1.165) is 22.4 Å². The minimum atomic E-state index is -0.635. The lowest BCUT2D eigenvalue weighted by molar-refractivity contribution is -0.123. The van der Waals surface area contributed by atoms with Crippen LogP contribution in [-0.4, -0.2) is 23.4 Å². The van der Waals surface area contributed by atoms with Gasteiger partial charge in [0, 0.05) is 22.5 Å². The second kappa shape index (κ2) is 7.72. The van der Waals surface area contributed by atoms with Crippen LogP contribution < -0.4 is 20.6 Å². The number of hydrogen-bond donors (Lipinski definition) is 1. The molecule has 1 aliphatic heterocycles. The maximum Gasteiger partial charge on any atom is 0.336 e. The van der Waals surface area contributed by atoms with E-state index in [9.17, 15) is 9.59 Å². The maximum atomic E-state index is 12.5. The summed E-state index contributed by atoms with van der Waals surface area (Å²) in [5.41, 5.74) is 1.83. The number of rotatable bonds is 5. The number of halogens is 1. The second-order valence-corrected chi connectivity index (χ2v) is 8.28. The van der Waals surface area contributed by atoms with Gasteiger partial charge in [-0.05, 0) is 42.0 Å². The Morgan fingerprint density at radius 3 is 2.71 bits per heavy atom. The third kappa shape index (κ3) is 3.54. The highest BCUT2D eigenvalue weighted by atomic mass is 35.5. The fourth-order valence-corrected chi connectivity index (χ4v) is 4.68. The average molecular weight is 454 g/mol. The molecule has 31 heavy (non-hydrogen) atoms. The number of nitrogens with one attached hydrogen (secondary N) is 1. The highest BCUT2D eigenvalue weighted by Crippen LogP contribution is 2.44. The van der Waals surface area contributed by atoms with E-state index in [-0.39, 0.29) is 17.6 Å². The monoisotopic (exact) mass is 453 g/mol. The van der Waals surface area contributed by atoms with Crippen molar-refractivity contribution in [3.05, 3.63) is 76.0 Å². The average Bonchev–Trinajstić information content (AvgIpc) is 3.24. The zero-order chi connectivity index (χ0) is 21.5. The molecule has 156 valence electrons. The number of aromatic nitrogens is 1. The van der Waals surface area contributed by atoms with Gasteiger partial charge in [-0.25, -0.2) is 9.78 Å². The number of ether oxygens (including phenoxy) is 1. The van der Waals surface area contributed by atoms with Crippen molar-refractivity contribution in [3.63, 3.8) is 0 Å². The summed E-state index contributed by atoms with van der Waals surface area (Å²) in [6, 6.07) is 15.7. The number of methoxy groups -OCH3 is 1. The van der Waals surface area contributed by atoms with Gasteiger partial charge < -0.3 is 14.5 Å². The minimum Gasteiger partial charge on any atom is -0.497 e. The van der Waals surface area contributed by atoms with Gasteiger partial charge in [0.15, 0.2) is 5.13 Å². The minimum absolute atomic E-state index is 0.177. The van der Waals surface area contributed by atoms with E-state index < -0.39 is 5.38 Å². The summed E-state index contributed by atoms with van der Waals surface area (Å²) in [7, 11) is 1.61. The number of amides is 1. The van der Waals surface area contributed by atoms with Crippen LogP contribution in [0, 0.1) is 0 Å². The number of carbonyl (C=O) groups is 1. The number of alkyl halides is 1. The van der Waals surface area contributed by atoms with E-state index in [2.05, 4.69) is 10.3 Å².